The number of hydrogen-bond donors (Lipinski definition) is 2. The molecule has 0 aromatic carbocycles. The summed E-state index contributed by atoms with van der Waals surface area (Å²) < 4.78 is 1.51. The number of rotatable bonds is 2. The van der Waals surface area contributed by atoms with Gasteiger partial charge in [0.05, 0.1) is 18.0 Å². The summed E-state index contributed by atoms with van der Waals surface area (Å²) in [5.74, 6) is -0.175. The molecule has 0 bridgehead atoms. The molecule has 2 rings (SSSR count). The monoisotopic (exact) mass is 208 g/mol. The second kappa shape index (κ2) is 3.08. The van der Waals surface area contributed by atoms with Gasteiger partial charge in [-0.2, -0.15) is 5.10 Å². The highest BCUT2D eigenvalue weighted by atomic mass is 16.6. The maximum Gasteiger partial charge on any atom is 0.343 e. The lowest BCUT2D eigenvalue weighted by Crippen LogP contribution is -1.95. The molecule has 0 aliphatic heterocycles. The second-order valence-electron chi connectivity index (χ2n) is 2.97. The zero-order chi connectivity index (χ0) is 11.0. The zero-order valence-corrected chi connectivity index (χ0v) is 7.84. The predicted molar refractivity (Wildman–Crippen MR) is 51.9 cm³/mol. The third-order valence-corrected chi connectivity index (χ3v) is 1.97. The van der Waals surface area contributed by atoms with E-state index in [9.17, 15) is 10.1 Å². The smallest absolute Gasteiger partial charge is 0.343 e. The van der Waals surface area contributed by atoms with Gasteiger partial charge in [0.25, 0.3) is 0 Å². The van der Waals surface area contributed by atoms with Gasteiger partial charge in [-0.3, -0.25) is 4.68 Å². The number of anilines is 1. The topological polar surface area (TPSA) is 116 Å². The van der Waals surface area contributed by atoms with Crippen molar-refractivity contribution in [3.8, 4) is 11.4 Å². The van der Waals surface area contributed by atoms with Crippen molar-refractivity contribution < 1.29 is 4.92 Å². The Balaban J connectivity index is 2.50. The Bertz CT molecular complexity index is 494. The van der Waals surface area contributed by atoms with Gasteiger partial charge < -0.3 is 15.8 Å². The molecule has 3 N–H and O–H groups in total. The van der Waals surface area contributed by atoms with Crippen LogP contribution in [0.15, 0.2) is 12.3 Å². The summed E-state index contributed by atoms with van der Waals surface area (Å²) in [6.07, 6.45) is 1.47. The molecule has 15 heavy (non-hydrogen) atoms. The molecular weight excluding hydrogens is 200 g/mol. The third-order valence-electron chi connectivity index (χ3n) is 1.97. The lowest BCUT2D eigenvalue weighted by atomic mass is 10.3. The van der Waals surface area contributed by atoms with Gasteiger partial charge in [0.15, 0.2) is 0 Å². The van der Waals surface area contributed by atoms with Crippen LogP contribution in [0.2, 0.25) is 0 Å². The van der Waals surface area contributed by atoms with E-state index in [4.69, 9.17) is 5.73 Å². The normalized spacial score (nSPS) is 10.5. The molecule has 0 radical (unpaired) electrons. The average Bonchev–Trinajstić information content (AvgIpc) is 2.73. The zero-order valence-electron chi connectivity index (χ0n) is 7.84. The summed E-state index contributed by atoms with van der Waals surface area (Å²) in [6.45, 7) is 0. The molecule has 8 nitrogen and oxygen atoms in total. The van der Waals surface area contributed by atoms with Crippen LogP contribution in [0.3, 0.4) is 0 Å². The van der Waals surface area contributed by atoms with Crippen LogP contribution in [0.1, 0.15) is 0 Å². The highest BCUT2D eigenvalue weighted by Gasteiger charge is 2.16. The fourth-order valence-electron chi connectivity index (χ4n) is 1.29. The Morgan fingerprint density at radius 3 is 2.87 bits per heavy atom. The van der Waals surface area contributed by atoms with Crippen LogP contribution in [0.5, 0.6) is 0 Å². The number of nitrogens with one attached hydrogen (secondary N) is 1. The largest absolute Gasteiger partial charge is 0.396 e. The van der Waals surface area contributed by atoms with E-state index < -0.39 is 4.92 Å². The minimum atomic E-state index is -0.553. The number of hydrogen-bond acceptors (Lipinski definition) is 5. The number of aryl methyl sites for hydroxylation is 1. The third kappa shape index (κ3) is 1.41. The SMILES string of the molecule is Cn1ncc(N)c1-c1cc([N+](=O)[O-])[nH]n1. The molecule has 2 aromatic rings. The van der Waals surface area contributed by atoms with E-state index in [0.29, 0.717) is 17.1 Å². The second-order valence-corrected chi connectivity index (χ2v) is 2.97. The molecule has 0 fully saturated rings. The van der Waals surface area contributed by atoms with Gasteiger partial charge >= 0.3 is 5.82 Å². The molecule has 0 saturated heterocycles. The summed E-state index contributed by atoms with van der Waals surface area (Å²) in [4.78, 5) is 9.88. The van der Waals surface area contributed by atoms with Crippen molar-refractivity contribution in [2.75, 3.05) is 5.73 Å². The van der Waals surface area contributed by atoms with Crippen LogP contribution in [0.4, 0.5) is 11.5 Å². The van der Waals surface area contributed by atoms with Gasteiger partial charge in [-0.05, 0) is 4.92 Å². The number of nitrogens with zero attached hydrogens (tertiary/aromatic N) is 4. The molecule has 0 atom stereocenters. The molecule has 0 amide bonds. The molecule has 0 spiro atoms. The number of H-pyrrole nitrogens is 1. The molecule has 78 valence electrons. The van der Waals surface area contributed by atoms with Gasteiger partial charge in [-0.25, -0.2) is 0 Å². The van der Waals surface area contributed by atoms with Gasteiger partial charge in [-0.1, -0.05) is 5.10 Å². The highest BCUT2D eigenvalue weighted by molar-refractivity contribution is 5.70. The van der Waals surface area contributed by atoms with E-state index >= 15 is 0 Å². The number of aromatic nitrogens is 4. The Kier molecular flexibility index (Phi) is 1.89. The van der Waals surface area contributed by atoms with E-state index in [1.54, 1.807) is 7.05 Å². The van der Waals surface area contributed by atoms with E-state index in [2.05, 4.69) is 15.3 Å². The molecule has 0 aliphatic rings. The van der Waals surface area contributed by atoms with Crippen LogP contribution in [0, 0.1) is 10.1 Å². The van der Waals surface area contributed by atoms with Crippen molar-refractivity contribution >= 4 is 11.5 Å². The Morgan fingerprint density at radius 2 is 2.40 bits per heavy atom. The average molecular weight is 208 g/mol. The summed E-state index contributed by atoms with van der Waals surface area (Å²) in [6, 6.07) is 1.31. The van der Waals surface area contributed by atoms with Crippen LogP contribution >= 0.6 is 0 Å². The fraction of sp³-hybridized carbons (Fsp3) is 0.143. The van der Waals surface area contributed by atoms with E-state index in [-0.39, 0.29) is 5.82 Å². The van der Waals surface area contributed by atoms with Crippen LogP contribution in [-0.4, -0.2) is 24.9 Å². The first-order valence-corrected chi connectivity index (χ1v) is 4.07. The highest BCUT2D eigenvalue weighted by Crippen LogP contribution is 2.25. The first-order valence-electron chi connectivity index (χ1n) is 4.07. The Hall–Kier alpha value is -2.38. The standard InChI is InChI=1S/C7H8N6O2/c1-12-7(4(8)3-9-12)5-2-6(11-10-5)13(14)15/h2-3H,8H2,1H3,(H,10,11). The minimum Gasteiger partial charge on any atom is -0.396 e. The van der Waals surface area contributed by atoms with Gasteiger partial charge in [-0.15, -0.1) is 5.10 Å². The molecule has 0 aliphatic carbocycles. The van der Waals surface area contributed by atoms with Crippen molar-refractivity contribution in [2.24, 2.45) is 7.05 Å². The first kappa shape index (κ1) is 9.19. The van der Waals surface area contributed by atoms with Crippen molar-refractivity contribution in [1.82, 2.24) is 20.0 Å². The number of nitrogens with two attached hydrogens (primary N) is 1. The van der Waals surface area contributed by atoms with Gasteiger partial charge in [0.2, 0.25) is 0 Å². The lowest BCUT2D eigenvalue weighted by molar-refractivity contribution is -0.389. The summed E-state index contributed by atoms with van der Waals surface area (Å²) >= 11 is 0. The minimum absolute atomic E-state index is 0.175. The predicted octanol–water partition coefficient (Wildman–Crippen LogP) is 0.301. The fourth-order valence-corrected chi connectivity index (χ4v) is 1.29. The molecule has 2 aromatic heterocycles. The number of nitrogen functional groups attached to an aromatic ring is 1. The molecule has 0 unspecified atom stereocenters. The molecular formula is C7H8N6O2. The molecule has 0 saturated carbocycles. The maximum atomic E-state index is 10.4. The van der Waals surface area contributed by atoms with Crippen LogP contribution in [0.25, 0.3) is 11.4 Å². The summed E-state index contributed by atoms with van der Waals surface area (Å²) in [7, 11) is 1.69. The first-order chi connectivity index (χ1) is 7.09. The molecule has 8 heteroatoms. The Labute approximate surface area is 83.9 Å². The van der Waals surface area contributed by atoms with Gasteiger partial charge in [0, 0.05) is 7.05 Å². The van der Waals surface area contributed by atoms with E-state index in [0.717, 1.165) is 0 Å². The number of aromatic amines is 1. The summed E-state index contributed by atoms with van der Waals surface area (Å²) in [5.41, 5.74) is 7.04. The van der Waals surface area contributed by atoms with Crippen molar-refractivity contribution in [3.63, 3.8) is 0 Å². The lowest BCUT2D eigenvalue weighted by Gasteiger charge is -1.96. The quantitative estimate of drug-likeness (QED) is 0.543. The van der Waals surface area contributed by atoms with Crippen LogP contribution in [-0.2, 0) is 7.05 Å². The van der Waals surface area contributed by atoms with Crippen molar-refractivity contribution in [2.45, 2.75) is 0 Å². The van der Waals surface area contributed by atoms with Crippen molar-refractivity contribution in [1.29, 1.82) is 0 Å². The van der Waals surface area contributed by atoms with E-state index in [1.165, 1.54) is 16.9 Å². The molecule has 2 heterocycles. The number of nitro groups is 1. The van der Waals surface area contributed by atoms with Crippen molar-refractivity contribution in [3.05, 3.63) is 22.4 Å². The van der Waals surface area contributed by atoms with E-state index in [1.807, 2.05) is 0 Å². The Morgan fingerprint density at radius 1 is 1.67 bits per heavy atom. The van der Waals surface area contributed by atoms with Gasteiger partial charge in [0.1, 0.15) is 11.4 Å². The summed E-state index contributed by atoms with van der Waals surface area (Å²) in [5, 5.41) is 20.4. The van der Waals surface area contributed by atoms with Crippen LogP contribution < -0.4 is 5.73 Å². The maximum absolute atomic E-state index is 10.4.